The minimum absolute atomic E-state index is 0. The molecule has 0 bridgehead atoms. The zero-order valence-electron chi connectivity index (χ0n) is 28.5. The van der Waals surface area contributed by atoms with Gasteiger partial charge in [0.05, 0.1) is 9.79 Å². The van der Waals surface area contributed by atoms with E-state index >= 15 is 0 Å². The van der Waals surface area contributed by atoms with Gasteiger partial charge in [0, 0.05) is 53.4 Å². The van der Waals surface area contributed by atoms with Crippen molar-refractivity contribution in [3.8, 4) is 0 Å². The Morgan fingerprint density at radius 1 is 0.735 bits per heavy atom. The Balaban J connectivity index is 0.000000235. The van der Waals surface area contributed by atoms with Crippen LogP contribution >= 0.6 is 0 Å². The van der Waals surface area contributed by atoms with Crippen molar-refractivity contribution in [2.75, 3.05) is 0 Å². The third-order valence-electron chi connectivity index (χ3n) is 9.31. The highest BCUT2D eigenvalue weighted by Crippen LogP contribution is 2.69. The zero-order chi connectivity index (χ0) is 35.5. The second-order valence-electron chi connectivity index (χ2n) is 13.1. The van der Waals surface area contributed by atoms with Crippen LogP contribution in [-0.2, 0) is 33.2 Å². The number of Topliss-reactive ketones (excluding diaryl/α,β-unsaturated/α-hetero) is 1. The van der Waals surface area contributed by atoms with Gasteiger partial charge in [-0.25, -0.2) is 0 Å². The molecule has 2 aromatic heterocycles. The Bertz CT molecular complexity index is 2020. The topological polar surface area (TPSA) is 175 Å². The van der Waals surface area contributed by atoms with E-state index in [2.05, 4.69) is 55.6 Å². The number of hydrogen-bond donors (Lipinski definition) is 2. The Labute approximate surface area is 288 Å². The molecule has 0 atom stereocenters. The number of carbonyl (C=O) groups is 1. The summed E-state index contributed by atoms with van der Waals surface area (Å²) in [7, 11) is -8.04. The molecule has 0 radical (unpaired) electrons. The average Bonchev–Trinajstić information content (AvgIpc) is 3.25. The molecule has 5 aromatic rings. The van der Waals surface area contributed by atoms with E-state index in [0.29, 0.717) is 0 Å². The Morgan fingerprint density at radius 3 is 1.63 bits per heavy atom. The van der Waals surface area contributed by atoms with Gasteiger partial charge in [-0.3, -0.25) is 18.9 Å². The van der Waals surface area contributed by atoms with Gasteiger partial charge < -0.3 is 10.0 Å². The number of pyridine rings is 1. The van der Waals surface area contributed by atoms with Gasteiger partial charge in [-0.2, -0.15) is 16.8 Å². The van der Waals surface area contributed by atoms with Crippen molar-refractivity contribution < 1.29 is 36.2 Å². The van der Waals surface area contributed by atoms with Crippen molar-refractivity contribution in [1.29, 1.82) is 0 Å². The van der Waals surface area contributed by atoms with E-state index in [9.17, 15) is 21.6 Å². The molecule has 49 heavy (non-hydrogen) atoms. The molecule has 3 aromatic carbocycles. The van der Waals surface area contributed by atoms with Gasteiger partial charge in [-0.1, -0.05) is 87.4 Å². The van der Waals surface area contributed by atoms with Gasteiger partial charge in [0.15, 0.2) is 5.78 Å². The van der Waals surface area contributed by atoms with Gasteiger partial charge in [0.1, 0.15) is 0 Å². The largest absolute Gasteiger partial charge is 0.412 e. The molecule has 10 nitrogen and oxygen atoms in total. The SMILES string of the molecule is CC1(C)C(C(=O)c2cn(CCc3ccccn3)c3ccccc23)C1(C)C.Cc1ccc(S(=O)(=O)O)cc1.Cc1ccc(S(=O)(=O)O)cc1.O. The lowest BCUT2D eigenvalue weighted by atomic mass is 10.0. The summed E-state index contributed by atoms with van der Waals surface area (Å²) in [6.45, 7) is 13.3. The lowest BCUT2D eigenvalue weighted by molar-refractivity contribution is 0.0946. The molecule has 1 aliphatic carbocycles. The summed E-state index contributed by atoms with van der Waals surface area (Å²) < 4.78 is 61.3. The van der Waals surface area contributed by atoms with E-state index in [0.717, 1.165) is 46.3 Å². The molecule has 6 rings (SSSR count). The first-order chi connectivity index (χ1) is 22.3. The second-order valence-corrected chi connectivity index (χ2v) is 16.0. The fraction of sp³-hybridized carbons (Fsp3) is 0.297. The summed E-state index contributed by atoms with van der Waals surface area (Å²) in [6, 6.07) is 26.2. The maximum absolute atomic E-state index is 13.3. The number of benzene rings is 3. The number of rotatable bonds is 7. The Kier molecular flexibility index (Phi) is 12.1. The first-order valence-electron chi connectivity index (χ1n) is 15.4. The van der Waals surface area contributed by atoms with Crippen molar-refractivity contribution in [1.82, 2.24) is 9.55 Å². The monoisotopic (exact) mass is 708 g/mol. The van der Waals surface area contributed by atoms with Gasteiger partial charge in [0.2, 0.25) is 0 Å². The van der Waals surface area contributed by atoms with Crippen molar-refractivity contribution in [3.05, 3.63) is 126 Å². The van der Waals surface area contributed by atoms with Crippen LogP contribution in [-0.4, -0.2) is 46.8 Å². The second kappa shape index (κ2) is 15.1. The lowest BCUT2D eigenvalue weighted by Crippen LogP contribution is -2.07. The summed E-state index contributed by atoms with van der Waals surface area (Å²) in [4.78, 5) is 17.6. The van der Waals surface area contributed by atoms with E-state index in [1.807, 2.05) is 50.4 Å². The minimum Gasteiger partial charge on any atom is -0.412 e. The summed E-state index contributed by atoms with van der Waals surface area (Å²) in [5, 5.41) is 1.07. The number of nitrogens with zero attached hydrogens (tertiary/aromatic N) is 2. The number of para-hydroxylation sites is 1. The predicted octanol–water partition coefficient (Wildman–Crippen LogP) is 6.80. The quantitative estimate of drug-likeness (QED) is 0.137. The van der Waals surface area contributed by atoms with Crippen molar-refractivity contribution in [2.24, 2.45) is 16.7 Å². The van der Waals surface area contributed by atoms with Crippen LogP contribution < -0.4 is 0 Å². The van der Waals surface area contributed by atoms with E-state index in [4.69, 9.17) is 9.11 Å². The molecule has 262 valence electrons. The molecule has 0 aliphatic heterocycles. The average molecular weight is 709 g/mol. The molecular formula is C37H44N2O8S2. The normalized spacial score (nSPS) is 14.8. The Hall–Kier alpha value is -4.20. The van der Waals surface area contributed by atoms with E-state index in [-0.39, 0.29) is 37.8 Å². The maximum Gasteiger partial charge on any atom is 0.294 e. The Morgan fingerprint density at radius 2 is 1.20 bits per heavy atom. The molecule has 0 unspecified atom stereocenters. The van der Waals surface area contributed by atoms with Crippen molar-refractivity contribution in [3.63, 3.8) is 0 Å². The van der Waals surface area contributed by atoms with Crippen LogP contribution in [0.1, 0.15) is 54.9 Å². The van der Waals surface area contributed by atoms with Crippen LogP contribution in [0.5, 0.6) is 0 Å². The molecule has 0 amide bonds. The van der Waals surface area contributed by atoms with E-state index in [1.165, 1.54) is 24.3 Å². The highest BCUT2D eigenvalue weighted by atomic mass is 32.2. The summed E-state index contributed by atoms with van der Waals surface area (Å²) >= 11 is 0. The number of aromatic nitrogens is 2. The van der Waals surface area contributed by atoms with Crippen LogP contribution in [0, 0.1) is 30.6 Å². The number of ketones is 1. The third-order valence-corrected chi connectivity index (χ3v) is 11.0. The maximum atomic E-state index is 13.3. The van der Waals surface area contributed by atoms with Crippen LogP contribution in [0.25, 0.3) is 10.9 Å². The standard InChI is InChI=1S/C23H26N2O.2C7H8O3S.H2O/c1-22(2)21(23(22,3)4)20(26)18-15-25(19-11-6-5-10-17(18)19)14-12-16-9-7-8-13-24-16;2*1-6-2-4-7(5-3-6)11(8,9)10;/h5-11,13,15,21H,12,14H2,1-4H3;2*2-5H,1H3,(H,8,9,10);1H2. The molecule has 1 aliphatic rings. The number of fused-ring (bicyclic) bond motifs is 1. The van der Waals surface area contributed by atoms with Crippen LogP contribution in [0.15, 0.2) is 113 Å². The fourth-order valence-corrected chi connectivity index (χ4v) is 6.80. The first kappa shape index (κ1) is 39.2. The summed E-state index contributed by atoms with van der Waals surface area (Å²) in [5.74, 6) is 0.373. The highest BCUT2D eigenvalue weighted by molar-refractivity contribution is 7.86. The van der Waals surface area contributed by atoms with E-state index < -0.39 is 20.2 Å². The van der Waals surface area contributed by atoms with Gasteiger partial charge in [-0.05, 0) is 67.1 Å². The smallest absolute Gasteiger partial charge is 0.294 e. The number of aryl methyl sites for hydroxylation is 4. The number of carbonyl (C=O) groups excluding carboxylic acids is 1. The molecular weight excluding hydrogens is 665 g/mol. The first-order valence-corrected chi connectivity index (χ1v) is 18.3. The predicted molar refractivity (Wildman–Crippen MR) is 191 cm³/mol. The van der Waals surface area contributed by atoms with Gasteiger partial charge >= 0.3 is 0 Å². The minimum atomic E-state index is -4.02. The molecule has 2 heterocycles. The summed E-state index contributed by atoms with van der Waals surface area (Å²) in [5.41, 5.74) is 5.09. The van der Waals surface area contributed by atoms with Crippen molar-refractivity contribution in [2.45, 2.75) is 64.3 Å². The molecule has 0 spiro atoms. The highest BCUT2D eigenvalue weighted by Gasteiger charge is 2.68. The molecule has 4 N–H and O–H groups in total. The van der Waals surface area contributed by atoms with Crippen LogP contribution in [0.3, 0.4) is 0 Å². The molecule has 0 saturated heterocycles. The van der Waals surface area contributed by atoms with Crippen molar-refractivity contribution >= 4 is 36.9 Å². The molecule has 1 saturated carbocycles. The van der Waals surface area contributed by atoms with Gasteiger partial charge in [-0.15, -0.1) is 0 Å². The van der Waals surface area contributed by atoms with E-state index in [1.54, 1.807) is 24.3 Å². The molecule has 12 heteroatoms. The van der Waals surface area contributed by atoms with Gasteiger partial charge in [0.25, 0.3) is 20.2 Å². The van der Waals surface area contributed by atoms with Crippen LogP contribution in [0.4, 0.5) is 0 Å². The molecule has 1 fully saturated rings. The van der Waals surface area contributed by atoms with Crippen LogP contribution in [0.2, 0.25) is 0 Å². The zero-order valence-corrected chi connectivity index (χ0v) is 30.1. The fourth-order valence-electron chi connectivity index (χ4n) is 5.84. The third kappa shape index (κ3) is 9.28. The number of hydrogen-bond acceptors (Lipinski definition) is 6. The summed E-state index contributed by atoms with van der Waals surface area (Å²) in [6.07, 6.45) is 4.74. The lowest BCUT2D eigenvalue weighted by Gasteiger charge is -2.04.